The number of carbonyl (C=O) groups excluding carboxylic acids is 1. The number of aliphatic hydroxyl groups excluding tert-OH is 1. The molecule has 1 aromatic rings. The van der Waals surface area contributed by atoms with Crippen molar-refractivity contribution in [1.29, 1.82) is 0 Å². The van der Waals surface area contributed by atoms with Crippen LogP contribution < -0.4 is 4.90 Å². The van der Waals surface area contributed by atoms with E-state index in [1.807, 2.05) is 18.2 Å². The van der Waals surface area contributed by atoms with E-state index in [1.165, 1.54) is 5.69 Å². The molecule has 0 atom stereocenters. The Morgan fingerprint density at radius 3 is 2.50 bits per heavy atom. The molecule has 1 heterocycles. The molecule has 1 N–H and O–H groups in total. The number of nitrogens with zero attached hydrogens (tertiary/aromatic N) is 2. The van der Waals surface area contributed by atoms with Crippen molar-refractivity contribution >= 4 is 11.6 Å². The smallest absolute Gasteiger partial charge is 0.248 e. The third-order valence-corrected chi connectivity index (χ3v) is 3.66. The lowest BCUT2D eigenvalue weighted by Gasteiger charge is -2.37. The lowest BCUT2D eigenvalue weighted by atomic mass is 10.0. The summed E-state index contributed by atoms with van der Waals surface area (Å²) in [6.45, 7) is 1.52. The largest absolute Gasteiger partial charge is 0.387 e. The van der Waals surface area contributed by atoms with Crippen molar-refractivity contribution in [2.45, 2.75) is 18.9 Å². The third kappa shape index (κ3) is 2.82. The SMILES string of the molecule is CN(C(=O)CO)C1CCN(c2ccccc2)CC1. The highest BCUT2D eigenvalue weighted by Gasteiger charge is 2.24. The molecule has 18 heavy (non-hydrogen) atoms. The summed E-state index contributed by atoms with van der Waals surface area (Å²) in [6.07, 6.45) is 1.91. The zero-order valence-electron chi connectivity index (χ0n) is 10.7. The highest BCUT2D eigenvalue weighted by atomic mass is 16.3. The topological polar surface area (TPSA) is 43.8 Å². The molecule has 0 spiro atoms. The van der Waals surface area contributed by atoms with E-state index in [2.05, 4.69) is 17.0 Å². The van der Waals surface area contributed by atoms with E-state index in [9.17, 15) is 4.79 Å². The number of likely N-dealkylation sites (N-methyl/N-ethyl adjacent to an activating group) is 1. The van der Waals surface area contributed by atoms with E-state index >= 15 is 0 Å². The summed E-state index contributed by atoms with van der Waals surface area (Å²) in [4.78, 5) is 15.4. The van der Waals surface area contributed by atoms with Gasteiger partial charge in [-0.05, 0) is 25.0 Å². The van der Waals surface area contributed by atoms with Crippen LogP contribution >= 0.6 is 0 Å². The fraction of sp³-hybridized carbons (Fsp3) is 0.500. The molecule has 2 rings (SSSR count). The summed E-state index contributed by atoms with van der Waals surface area (Å²) in [7, 11) is 1.78. The van der Waals surface area contributed by atoms with E-state index in [-0.39, 0.29) is 11.9 Å². The number of carbonyl (C=O) groups is 1. The van der Waals surface area contributed by atoms with Crippen molar-refractivity contribution in [2.24, 2.45) is 0 Å². The maximum absolute atomic E-state index is 11.4. The number of benzene rings is 1. The van der Waals surface area contributed by atoms with Gasteiger partial charge in [-0.2, -0.15) is 0 Å². The molecule has 0 radical (unpaired) electrons. The molecule has 1 aliphatic rings. The van der Waals surface area contributed by atoms with Crippen LogP contribution in [-0.4, -0.2) is 48.7 Å². The average molecular weight is 248 g/mol. The van der Waals surface area contributed by atoms with Crippen LogP contribution in [0.5, 0.6) is 0 Å². The van der Waals surface area contributed by atoms with Crippen LogP contribution in [0.1, 0.15) is 12.8 Å². The first-order valence-electron chi connectivity index (χ1n) is 6.39. The molecule has 0 bridgehead atoms. The number of hydrogen-bond acceptors (Lipinski definition) is 3. The van der Waals surface area contributed by atoms with Gasteiger partial charge < -0.3 is 14.9 Å². The number of para-hydroxylation sites is 1. The molecule has 4 heteroatoms. The van der Waals surface area contributed by atoms with Gasteiger partial charge in [-0.15, -0.1) is 0 Å². The first-order valence-corrected chi connectivity index (χ1v) is 6.39. The lowest BCUT2D eigenvalue weighted by Crippen LogP contribution is -2.46. The van der Waals surface area contributed by atoms with Gasteiger partial charge in [0.2, 0.25) is 5.91 Å². The molecule has 1 aromatic carbocycles. The van der Waals surface area contributed by atoms with Crippen LogP contribution in [0, 0.1) is 0 Å². The molecule has 0 aromatic heterocycles. The van der Waals surface area contributed by atoms with Gasteiger partial charge in [-0.3, -0.25) is 4.79 Å². The molecule has 0 aliphatic carbocycles. The van der Waals surface area contributed by atoms with Crippen LogP contribution in [0.3, 0.4) is 0 Å². The Kier molecular flexibility index (Phi) is 4.20. The molecular formula is C14H20N2O2. The minimum atomic E-state index is -0.393. The zero-order chi connectivity index (χ0) is 13.0. The van der Waals surface area contributed by atoms with Crippen molar-refractivity contribution in [2.75, 3.05) is 31.6 Å². The second-order valence-electron chi connectivity index (χ2n) is 4.72. The van der Waals surface area contributed by atoms with E-state index in [4.69, 9.17) is 5.11 Å². The van der Waals surface area contributed by atoms with Crippen molar-refractivity contribution < 1.29 is 9.90 Å². The highest BCUT2D eigenvalue weighted by Crippen LogP contribution is 2.21. The molecule has 4 nitrogen and oxygen atoms in total. The number of rotatable bonds is 3. The van der Waals surface area contributed by atoms with Gasteiger partial charge in [0.15, 0.2) is 0 Å². The number of amides is 1. The van der Waals surface area contributed by atoms with Crippen molar-refractivity contribution in [3.63, 3.8) is 0 Å². The van der Waals surface area contributed by atoms with Gasteiger partial charge in [0.25, 0.3) is 0 Å². The van der Waals surface area contributed by atoms with Crippen molar-refractivity contribution in [3.05, 3.63) is 30.3 Å². The predicted octanol–water partition coefficient (Wildman–Crippen LogP) is 1.11. The zero-order valence-corrected chi connectivity index (χ0v) is 10.7. The molecule has 98 valence electrons. The molecule has 1 aliphatic heterocycles. The Bertz CT molecular complexity index is 386. The molecule has 1 amide bonds. The van der Waals surface area contributed by atoms with Gasteiger partial charge in [-0.25, -0.2) is 0 Å². The molecule has 0 saturated carbocycles. The molecule has 1 saturated heterocycles. The maximum Gasteiger partial charge on any atom is 0.248 e. The van der Waals surface area contributed by atoms with Gasteiger partial charge in [-0.1, -0.05) is 18.2 Å². The Morgan fingerprint density at radius 1 is 1.33 bits per heavy atom. The van der Waals surface area contributed by atoms with E-state index in [1.54, 1.807) is 11.9 Å². The standard InChI is InChI=1S/C14H20N2O2/c1-15(14(18)11-17)12-7-9-16(10-8-12)13-5-3-2-4-6-13/h2-6,12,17H,7-11H2,1H3. The van der Waals surface area contributed by atoms with Crippen LogP contribution in [0.2, 0.25) is 0 Å². The Balaban J connectivity index is 1.90. The first-order chi connectivity index (χ1) is 8.72. The van der Waals surface area contributed by atoms with Gasteiger partial charge in [0.05, 0.1) is 0 Å². The minimum Gasteiger partial charge on any atom is -0.387 e. The Morgan fingerprint density at radius 2 is 1.94 bits per heavy atom. The first kappa shape index (κ1) is 12.9. The van der Waals surface area contributed by atoms with Gasteiger partial charge in [0, 0.05) is 31.9 Å². The molecule has 0 unspecified atom stereocenters. The third-order valence-electron chi connectivity index (χ3n) is 3.66. The molecular weight excluding hydrogens is 228 g/mol. The quantitative estimate of drug-likeness (QED) is 0.871. The maximum atomic E-state index is 11.4. The highest BCUT2D eigenvalue weighted by molar-refractivity contribution is 5.77. The van der Waals surface area contributed by atoms with Crippen molar-refractivity contribution in [3.8, 4) is 0 Å². The van der Waals surface area contributed by atoms with Gasteiger partial charge in [0.1, 0.15) is 6.61 Å². The normalized spacial score (nSPS) is 16.7. The monoisotopic (exact) mass is 248 g/mol. The lowest BCUT2D eigenvalue weighted by molar-refractivity contribution is -0.135. The Hall–Kier alpha value is -1.55. The fourth-order valence-electron chi connectivity index (χ4n) is 2.47. The Labute approximate surface area is 108 Å². The summed E-state index contributed by atoms with van der Waals surface area (Å²) in [5.74, 6) is -0.187. The van der Waals surface area contributed by atoms with Crippen LogP contribution in [0.15, 0.2) is 30.3 Å². The number of aliphatic hydroxyl groups is 1. The van der Waals surface area contributed by atoms with Crippen molar-refractivity contribution in [1.82, 2.24) is 4.90 Å². The summed E-state index contributed by atoms with van der Waals surface area (Å²) >= 11 is 0. The summed E-state index contributed by atoms with van der Waals surface area (Å²) in [5.41, 5.74) is 1.24. The summed E-state index contributed by atoms with van der Waals surface area (Å²) in [5, 5.41) is 8.86. The number of hydrogen-bond donors (Lipinski definition) is 1. The van der Waals surface area contributed by atoms with E-state index in [0.29, 0.717) is 0 Å². The predicted molar refractivity (Wildman–Crippen MR) is 71.5 cm³/mol. The van der Waals surface area contributed by atoms with Gasteiger partial charge >= 0.3 is 0 Å². The fourth-order valence-corrected chi connectivity index (χ4v) is 2.47. The summed E-state index contributed by atoms with van der Waals surface area (Å²) in [6, 6.07) is 10.6. The minimum absolute atomic E-state index is 0.187. The summed E-state index contributed by atoms with van der Waals surface area (Å²) < 4.78 is 0. The van der Waals surface area contributed by atoms with E-state index in [0.717, 1.165) is 25.9 Å². The van der Waals surface area contributed by atoms with Crippen LogP contribution in [0.4, 0.5) is 5.69 Å². The number of piperidine rings is 1. The van der Waals surface area contributed by atoms with Crippen LogP contribution in [-0.2, 0) is 4.79 Å². The second kappa shape index (κ2) is 5.87. The number of anilines is 1. The second-order valence-corrected chi connectivity index (χ2v) is 4.72. The van der Waals surface area contributed by atoms with Crippen LogP contribution in [0.25, 0.3) is 0 Å². The molecule has 1 fully saturated rings. The van der Waals surface area contributed by atoms with E-state index < -0.39 is 6.61 Å². The average Bonchev–Trinajstić information content (AvgIpc) is 2.47.